The van der Waals surface area contributed by atoms with Crippen LogP contribution >= 0.6 is 0 Å². The number of aryl methyl sites for hydroxylation is 4. The Morgan fingerprint density at radius 1 is 0.867 bits per heavy atom. The molecule has 0 saturated carbocycles. The molecule has 0 unspecified atom stereocenters. The summed E-state index contributed by atoms with van der Waals surface area (Å²) in [6.07, 6.45) is 0. The smallest absolute Gasteiger partial charge is 0.255 e. The van der Waals surface area contributed by atoms with Gasteiger partial charge >= 0.3 is 0 Å². The molecule has 156 valence electrons. The summed E-state index contributed by atoms with van der Waals surface area (Å²) in [6.45, 7) is 10.5. The zero-order valence-corrected chi connectivity index (χ0v) is 18.6. The van der Waals surface area contributed by atoms with Crippen LogP contribution in [0.3, 0.4) is 0 Å². The first kappa shape index (κ1) is 21.4. The third-order valence-corrected chi connectivity index (χ3v) is 5.41. The van der Waals surface area contributed by atoms with E-state index in [1.165, 1.54) is 5.56 Å². The molecule has 0 heterocycles. The molecular weight excluding hydrogens is 374 g/mol. The number of methoxy groups -OCH3 is 1. The molecule has 0 bridgehead atoms. The number of rotatable bonds is 6. The van der Waals surface area contributed by atoms with Gasteiger partial charge in [0, 0.05) is 16.8 Å². The first-order valence-electron chi connectivity index (χ1n) is 10.0. The number of ether oxygens (including phenoxy) is 2. The second-order valence-electron chi connectivity index (χ2n) is 7.74. The molecule has 30 heavy (non-hydrogen) atoms. The molecule has 0 aromatic heterocycles. The SMILES string of the molecule is COc1ccc(C(=O)Nc2c(C)cccc2C)cc1COc1cc(C)cc(C)c1C. The van der Waals surface area contributed by atoms with Crippen LogP contribution in [0.2, 0.25) is 0 Å². The van der Waals surface area contributed by atoms with Crippen molar-refractivity contribution in [3.63, 3.8) is 0 Å². The quantitative estimate of drug-likeness (QED) is 0.543. The molecule has 3 aromatic rings. The molecular formula is C26H29NO3. The maximum Gasteiger partial charge on any atom is 0.255 e. The van der Waals surface area contributed by atoms with Gasteiger partial charge in [-0.3, -0.25) is 4.79 Å². The van der Waals surface area contributed by atoms with Gasteiger partial charge in [0.1, 0.15) is 18.1 Å². The van der Waals surface area contributed by atoms with Crippen molar-refractivity contribution in [3.05, 3.63) is 87.5 Å². The Morgan fingerprint density at radius 3 is 2.23 bits per heavy atom. The van der Waals surface area contributed by atoms with E-state index in [-0.39, 0.29) is 5.91 Å². The summed E-state index contributed by atoms with van der Waals surface area (Å²) in [5.74, 6) is 1.39. The predicted octanol–water partition coefficient (Wildman–Crippen LogP) is 6.07. The Morgan fingerprint density at radius 2 is 1.57 bits per heavy atom. The first-order valence-corrected chi connectivity index (χ1v) is 10.0. The number of hydrogen-bond donors (Lipinski definition) is 1. The highest BCUT2D eigenvalue weighted by atomic mass is 16.5. The Bertz CT molecular complexity index is 1070. The fourth-order valence-electron chi connectivity index (χ4n) is 3.54. The van der Waals surface area contributed by atoms with Crippen molar-refractivity contribution in [1.29, 1.82) is 0 Å². The summed E-state index contributed by atoms with van der Waals surface area (Å²) >= 11 is 0. The standard InChI is InChI=1S/C26H29NO3/c1-16-12-19(4)20(5)24(13-16)30-15-22-14-21(10-11-23(22)29-6)26(28)27-25-17(2)8-7-9-18(25)3/h7-14H,15H2,1-6H3,(H,27,28). The van der Waals surface area contributed by atoms with Gasteiger partial charge in [-0.1, -0.05) is 24.3 Å². The minimum absolute atomic E-state index is 0.154. The van der Waals surface area contributed by atoms with Gasteiger partial charge in [0.2, 0.25) is 0 Å². The van der Waals surface area contributed by atoms with Gasteiger partial charge in [-0.05, 0) is 86.7 Å². The van der Waals surface area contributed by atoms with Crippen molar-refractivity contribution in [1.82, 2.24) is 0 Å². The molecule has 0 aliphatic heterocycles. The highest BCUT2D eigenvalue weighted by molar-refractivity contribution is 6.05. The predicted molar refractivity (Wildman–Crippen MR) is 122 cm³/mol. The highest BCUT2D eigenvalue weighted by Crippen LogP contribution is 2.27. The second-order valence-corrected chi connectivity index (χ2v) is 7.74. The molecule has 1 amide bonds. The average molecular weight is 404 g/mol. The number of benzene rings is 3. The maximum atomic E-state index is 12.9. The number of anilines is 1. The van der Waals surface area contributed by atoms with Gasteiger partial charge in [0.15, 0.2) is 0 Å². The minimum atomic E-state index is -0.154. The normalized spacial score (nSPS) is 10.6. The van der Waals surface area contributed by atoms with Gasteiger partial charge < -0.3 is 14.8 Å². The Kier molecular flexibility index (Phi) is 6.46. The first-order chi connectivity index (χ1) is 14.3. The summed E-state index contributed by atoms with van der Waals surface area (Å²) in [5, 5.41) is 3.04. The Balaban J connectivity index is 1.84. The number of amides is 1. The van der Waals surface area contributed by atoms with E-state index in [1.54, 1.807) is 13.2 Å². The lowest BCUT2D eigenvalue weighted by atomic mass is 10.1. The number of hydrogen-bond acceptors (Lipinski definition) is 3. The molecule has 0 spiro atoms. The summed E-state index contributed by atoms with van der Waals surface area (Å²) in [5.41, 5.74) is 7.77. The average Bonchev–Trinajstić information content (AvgIpc) is 2.72. The fraction of sp³-hybridized carbons (Fsp3) is 0.269. The van der Waals surface area contributed by atoms with Crippen LogP contribution in [-0.2, 0) is 6.61 Å². The van der Waals surface area contributed by atoms with Crippen molar-refractivity contribution in [2.24, 2.45) is 0 Å². The van der Waals surface area contributed by atoms with Gasteiger partial charge in [-0.2, -0.15) is 0 Å². The molecule has 0 aliphatic rings. The van der Waals surface area contributed by atoms with Crippen LogP contribution in [0.25, 0.3) is 0 Å². The van der Waals surface area contributed by atoms with Crippen LogP contribution in [0.5, 0.6) is 11.5 Å². The van der Waals surface area contributed by atoms with E-state index in [2.05, 4.69) is 32.2 Å². The molecule has 3 aromatic carbocycles. The number of carbonyl (C=O) groups is 1. The van der Waals surface area contributed by atoms with Crippen LogP contribution in [-0.4, -0.2) is 13.0 Å². The summed E-state index contributed by atoms with van der Waals surface area (Å²) in [6, 6.07) is 15.6. The lowest BCUT2D eigenvalue weighted by molar-refractivity contribution is 0.102. The van der Waals surface area contributed by atoms with Gasteiger partial charge in [0.25, 0.3) is 5.91 Å². The maximum absolute atomic E-state index is 12.9. The van der Waals surface area contributed by atoms with Gasteiger partial charge in [-0.15, -0.1) is 0 Å². The van der Waals surface area contributed by atoms with E-state index < -0.39 is 0 Å². The van der Waals surface area contributed by atoms with Crippen LogP contribution in [0, 0.1) is 34.6 Å². The molecule has 0 fully saturated rings. The lowest BCUT2D eigenvalue weighted by Gasteiger charge is -2.16. The monoisotopic (exact) mass is 403 g/mol. The van der Waals surface area contributed by atoms with E-state index in [9.17, 15) is 4.79 Å². The molecule has 4 nitrogen and oxygen atoms in total. The van der Waals surface area contributed by atoms with Crippen molar-refractivity contribution in [2.75, 3.05) is 12.4 Å². The third kappa shape index (κ3) is 4.65. The third-order valence-electron chi connectivity index (χ3n) is 5.41. The molecule has 1 N–H and O–H groups in total. The Labute approximate surface area is 178 Å². The van der Waals surface area contributed by atoms with Gasteiger partial charge in [-0.25, -0.2) is 0 Å². The van der Waals surface area contributed by atoms with Crippen LogP contribution in [0.4, 0.5) is 5.69 Å². The van der Waals surface area contributed by atoms with Crippen molar-refractivity contribution >= 4 is 11.6 Å². The molecule has 0 saturated heterocycles. The van der Waals surface area contributed by atoms with E-state index in [4.69, 9.17) is 9.47 Å². The summed E-state index contributed by atoms with van der Waals surface area (Å²) in [4.78, 5) is 12.9. The molecule has 0 radical (unpaired) electrons. The van der Waals surface area contributed by atoms with Crippen molar-refractivity contribution in [2.45, 2.75) is 41.2 Å². The van der Waals surface area contributed by atoms with Crippen LogP contribution in [0.1, 0.15) is 43.7 Å². The van der Waals surface area contributed by atoms with Crippen molar-refractivity contribution < 1.29 is 14.3 Å². The molecule has 4 heteroatoms. The van der Waals surface area contributed by atoms with Crippen molar-refractivity contribution in [3.8, 4) is 11.5 Å². The van der Waals surface area contributed by atoms with Crippen LogP contribution < -0.4 is 14.8 Å². The molecule has 0 atom stereocenters. The minimum Gasteiger partial charge on any atom is -0.496 e. The van der Waals surface area contributed by atoms with E-state index in [1.807, 2.05) is 50.2 Å². The topological polar surface area (TPSA) is 47.6 Å². The zero-order chi connectivity index (χ0) is 21.8. The second kappa shape index (κ2) is 9.04. The number of nitrogens with one attached hydrogen (secondary N) is 1. The van der Waals surface area contributed by atoms with E-state index in [0.717, 1.165) is 39.3 Å². The molecule has 3 rings (SSSR count). The number of para-hydroxylation sites is 1. The fourth-order valence-corrected chi connectivity index (χ4v) is 3.54. The molecule has 0 aliphatic carbocycles. The highest BCUT2D eigenvalue weighted by Gasteiger charge is 2.14. The summed E-state index contributed by atoms with van der Waals surface area (Å²) in [7, 11) is 1.62. The number of carbonyl (C=O) groups excluding carboxylic acids is 1. The summed E-state index contributed by atoms with van der Waals surface area (Å²) < 4.78 is 11.6. The lowest BCUT2D eigenvalue weighted by Crippen LogP contribution is -2.14. The van der Waals surface area contributed by atoms with E-state index >= 15 is 0 Å². The Hall–Kier alpha value is -3.27. The zero-order valence-electron chi connectivity index (χ0n) is 18.6. The van der Waals surface area contributed by atoms with Gasteiger partial charge in [0.05, 0.1) is 7.11 Å². The largest absolute Gasteiger partial charge is 0.496 e. The van der Waals surface area contributed by atoms with E-state index in [0.29, 0.717) is 17.9 Å². The van der Waals surface area contributed by atoms with Crippen LogP contribution in [0.15, 0.2) is 48.5 Å².